The zero-order chi connectivity index (χ0) is 26.7. The third-order valence-corrected chi connectivity index (χ3v) is 5.02. The van der Waals surface area contributed by atoms with Gasteiger partial charge in [-0.2, -0.15) is 0 Å². The molecule has 6 unspecified atom stereocenters. The van der Waals surface area contributed by atoms with Crippen molar-refractivity contribution in [2.24, 2.45) is 5.73 Å². The van der Waals surface area contributed by atoms with E-state index in [9.17, 15) is 34.2 Å². The van der Waals surface area contributed by atoms with Crippen molar-refractivity contribution in [1.29, 1.82) is 0 Å². The number of hydrogen-bond donors (Lipinski definition) is 8. The number of hydrogen-bond acceptors (Lipinski definition) is 8. The van der Waals surface area contributed by atoms with Crippen molar-refractivity contribution in [2.75, 3.05) is 0 Å². The quantitative estimate of drug-likeness (QED) is 0.138. The van der Waals surface area contributed by atoms with E-state index in [2.05, 4.69) is 10.6 Å². The fraction of sp³-hybridized carbons (Fsp3) is 0.500. The van der Waals surface area contributed by atoms with E-state index in [1.165, 1.54) is 6.92 Å². The Labute approximate surface area is 201 Å². The Morgan fingerprint density at radius 3 is 1.86 bits per heavy atom. The largest absolute Gasteiger partial charge is 0.481 e. The second kappa shape index (κ2) is 14.0. The van der Waals surface area contributed by atoms with Crippen LogP contribution in [0.5, 0.6) is 0 Å². The van der Waals surface area contributed by atoms with Gasteiger partial charge in [-0.15, -0.1) is 0 Å². The Balaban J connectivity index is 2.95. The van der Waals surface area contributed by atoms with E-state index in [1.807, 2.05) is 5.32 Å². The first-order valence-electron chi connectivity index (χ1n) is 10.8. The van der Waals surface area contributed by atoms with Crippen molar-refractivity contribution in [3.05, 3.63) is 35.9 Å². The maximum Gasteiger partial charge on any atom is 0.328 e. The summed E-state index contributed by atoms with van der Waals surface area (Å²) in [6.07, 6.45) is -3.73. The maximum atomic E-state index is 12.8. The number of nitrogens with two attached hydrogens (primary N) is 1. The van der Waals surface area contributed by atoms with Gasteiger partial charge in [0.05, 0.1) is 18.2 Å². The number of amides is 3. The summed E-state index contributed by atoms with van der Waals surface area (Å²) in [5.41, 5.74) is 6.67. The number of nitrogens with one attached hydrogen (secondary N) is 3. The summed E-state index contributed by atoms with van der Waals surface area (Å²) in [6.45, 7) is 2.34. The van der Waals surface area contributed by atoms with Gasteiger partial charge in [0.1, 0.15) is 12.1 Å². The zero-order valence-electron chi connectivity index (χ0n) is 19.4. The van der Waals surface area contributed by atoms with Gasteiger partial charge in [0, 0.05) is 6.42 Å². The fourth-order valence-corrected chi connectivity index (χ4v) is 3.07. The normalized spacial score (nSPS) is 16.0. The molecule has 0 saturated carbocycles. The number of carbonyl (C=O) groups is 5. The minimum absolute atomic E-state index is 0.153. The molecule has 3 amide bonds. The molecule has 13 heteroatoms. The molecule has 0 spiro atoms. The van der Waals surface area contributed by atoms with Crippen molar-refractivity contribution in [1.82, 2.24) is 16.0 Å². The van der Waals surface area contributed by atoms with E-state index >= 15 is 0 Å². The summed E-state index contributed by atoms with van der Waals surface area (Å²) >= 11 is 0. The SMILES string of the molecule is CC(O)C(NC(=O)C(CCC(=O)O)NC(=O)C(NC(=O)C(N)Cc1ccccc1)C(C)O)C(=O)O. The van der Waals surface area contributed by atoms with Crippen LogP contribution in [0, 0.1) is 0 Å². The highest BCUT2D eigenvalue weighted by atomic mass is 16.4. The summed E-state index contributed by atoms with van der Waals surface area (Å²) < 4.78 is 0. The Hall–Kier alpha value is -3.55. The number of rotatable bonds is 14. The number of carbonyl (C=O) groups excluding carboxylic acids is 3. The van der Waals surface area contributed by atoms with E-state index in [0.717, 1.165) is 12.5 Å². The van der Waals surface area contributed by atoms with Crippen molar-refractivity contribution in [3.63, 3.8) is 0 Å². The molecule has 1 rings (SSSR count). The highest BCUT2D eigenvalue weighted by molar-refractivity contribution is 5.94. The Morgan fingerprint density at radius 1 is 0.829 bits per heavy atom. The van der Waals surface area contributed by atoms with Gasteiger partial charge in [0.2, 0.25) is 17.7 Å². The van der Waals surface area contributed by atoms with Crippen LogP contribution >= 0.6 is 0 Å². The van der Waals surface area contributed by atoms with Gasteiger partial charge in [-0.05, 0) is 32.3 Å². The molecule has 1 aromatic carbocycles. The minimum atomic E-state index is -1.71. The first-order valence-corrected chi connectivity index (χ1v) is 10.8. The molecule has 9 N–H and O–H groups in total. The van der Waals surface area contributed by atoms with Gasteiger partial charge in [0.25, 0.3) is 0 Å². The van der Waals surface area contributed by atoms with Crippen LogP contribution in [-0.4, -0.2) is 86.5 Å². The van der Waals surface area contributed by atoms with Crippen molar-refractivity contribution < 1.29 is 44.4 Å². The highest BCUT2D eigenvalue weighted by Gasteiger charge is 2.33. The highest BCUT2D eigenvalue weighted by Crippen LogP contribution is 2.05. The van der Waals surface area contributed by atoms with Gasteiger partial charge in [-0.3, -0.25) is 19.2 Å². The lowest BCUT2D eigenvalue weighted by Gasteiger charge is -2.26. The molecule has 194 valence electrons. The second-order valence-electron chi connectivity index (χ2n) is 8.08. The van der Waals surface area contributed by atoms with Crippen LogP contribution in [0.15, 0.2) is 30.3 Å². The third kappa shape index (κ3) is 10.1. The number of carboxylic acids is 2. The summed E-state index contributed by atoms with van der Waals surface area (Å²) in [5, 5.41) is 44.3. The number of benzene rings is 1. The molecule has 0 aromatic heterocycles. The van der Waals surface area contributed by atoms with Crippen molar-refractivity contribution >= 4 is 29.7 Å². The Morgan fingerprint density at radius 2 is 1.37 bits per heavy atom. The molecular formula is C22H32N4O9. The van der Waals surface area contributed by atoms with E-state index in [4.69, 9.17) is 15.9 Å². The molecule has 0 aliphatic carbocycles. The van der Waals surface area contributed by atoms with Gasteiger partial charge in [-0.1, -0.05) is 30.3 Å². The predicted molar refractivity (Wildman–Crippen MR) is 122 cm³/mol. The van der Waals surface area contributed by atoms with E-state index in [1.54, 1.807) is 30.3 Å². The van der Waals surface area contributed by atoms with Crippen LogP contribution in [0.4, 0.5) is 0 Å². The summed E-state index contributed by atoms with van der Waals surface area (Å²) in [7, 11) is 0. The molecule has 6 atom stereocenters. The van der Waals surface area contributed by atoms with Crippen molar-refractivity contribution in [2.45, 2.75) is 69.5 Å². The molecule has 0 fully saturated rings. The first-order chi connectivity index (χ1) is 16.3. The molecule has 0 radical (unpaired) electrons. The lowest BCUT2D eigenvalue weighted by molar-refractivity contribution is -0.145. The Kier molecular flexibility index (Phi) is 11.8. The molecule has 0 aliphatic rings. The number of carboxylic acid groups (broad SMARTS) is 2. The number of aliphatic carboxylic acids is 2. The van der Waals surface area contributed by atoms with Crippen LogP contribution in [-0.2, 0) is 30.4 Å². The molecule has 0 heterocycles. The second-order valence-corrected chi connectivity index (χ2v) is 8.08. The summed E-state index contributed by atoms with van der Waals surface area (Å²) in [4.78, 5) is 60.1. The lowest BCUT2D eigenvalue weighted by atomic mass is 10.0. The maximum absolute atomic E-state index is 12.8. The van der Waals surface area contributed by atoms with E-state index in [-0.39, 0.29) is 6.42 Å². The summed E-state index contributed by atoms with van der Waals surface area (Å²) in [6, 6.07) is 2.99. The molecule has 35 heavy (non-hydrogen) atoms. The predicted octanol–water partition coefficient (Wildman–Crippen LogP) is -2.28. The van der Waals surface area contributed by atoms with Crippen LogP contribution < -0.4 is 21.7 Å². The zero-order valence-corrected chi connectivity index (χ0v) is 19.4. The van der Waals surface area contributed by atoms with Gasteiger partial charge in [0.15, 0.2) is 6.04 Å². The van der Waals surface area contributed by atoms with Crippen LogP contribution in [0.3, 0.4) is 0 Å². The van der Waals surface area contributed by atoms with Crippen LogP contribution in [0.2, 0.25) is 0 Å². The van der Waals surface area contributed by atoms with Gasteiger partial charge >= 0.3 is 11.9 Å². The molecule has 0 aliphatic heterocycles. The molecule has 1 aromatic rings. The van der Waals surface area contributed by atoms with E-state index in [0.29, 0.717) is 0 Å². The lowest BCUT2D eigenvalue weighted by Crippen LogP contribution is -2.60. The smallest absolute Gasteiger partial charge is 0.328 e. The molecule has 0 saturated heterocycles. The minimum Gasteiger partial charge on any atom is -0.481 e. The third-order valence-electron chi connectivity index (χ3n) is 5.02. The molecule has 0 bridgehead atoms. The standard InChI is InChI=1S/C22H32N4O9/c1-11(27)17(25-19(31)14(23)10-13-6-4-3-5-7-13)21(33)24-15(8-9-16(29)30)20(32)26-18(12(2)28)22(34)35/h3-7,11-12,14-15,17-18,27-28H,8-10,23H2,1-2H3,(H,24,33)(H,25,31)(H,26,32)(H,29,30)(H,34,35). The number of aliphatic hydroxyl groups is 2. The van der Waals surface area contributed by atoms with Crippen molar-refractivity contribution in [3.8, 4) is 0 Å². The number of aliphatic hydroxyl groups excluding tert-OH is 2. The summed E-state index contributed by atoms with van der Waals surface area (Å²) in [5.74, 6) is -5.66. The average molecular weight is 497 g/mol. The van der Waals surface area contributed by atoms with Gasteiger partial charge in [-0.25, -0.2) is 4.79 Å². The van der Waals surface area contributed by atoms with Gasteiger partial charge < -0.3 is 42.1 Å². The fourth-order valence-electron chi connectivity index (χ4n) is 3.07. The molecule has 13 nitrogen and oxygen atoms in total. The van der Waals surface area contributed by atoms with E-state index < -0.39 is 78.9 Å². The monoisotopic (exact) mass is 496 g/mol. The van der Waals surface area contributed by atoms with Crippen LogP contribution in [0.25, 0.3) is 0 Å². The molecular weight excluding hydrogens is 464 g/mol. The average Bonchev–Trinajstić information content (AvgIpc) is 2.77. The topological polar surface area (TPSA) is 228 Å². The Bertz CT molecular complexity index is 892. The first kappa shape index (κ1) is 29.5. The van der Waals surface area contributed by atoms with Crippen LogP contribution in [0.1, 0.15) is 32.3 Å².